The summed E-state index contributed by atoms with van der Waals surface area (Å²) in [6.45, 7) is 0. The molecule has 0 unspecified atom stereocenters. The van der Waals surface area contributed by atoms with Crippen LogP contribution in [0.5, 0.6) is 0 Å². The molecule has 138 valence electrons. The molecule has 0 radical (unpaired) electrons. The molecule has 0 aliphatic rings. The van der Waals surface area contributed by atoms with E-state index in [1.807, 2.05) is 30.3 Å². The van der Waals surface area contributed by atoms with Gasteiger partial charge in [0.25, 0.3) is 5.91 Å². The van der Waals surface area contributed by atoms with Crippen LogP contribution in [0.1, 0.15) is 10.4 Å². The van der Waals surface area contributed by atoms with Gasteiger partial charge >= 0.3 is 5.69 Å². The molecule has 2 aromatic carbocycles. The van der Waals surface area contributed by atoms with Crippen LogP contribution < -0.4 is 16.3 Å². The minimum absolute atomic E-state index is 0.00177. The van der Waals surface area contributed by atoms with Gasteiger partial charge in [-0.2, -0.15) is 0 Å². The zero-order valence-corrected chi connectivity index (χ0v) is 14.6. The molecule has 0 saturated carbocycles. The zero-order chi connectivity index (χ0) is 19.4. The number of hydrogen-bond donors (Lipinski definition) is 3. The monoisotopic (exact) mass is 367 g/mol. The third-order valence-electron chi connectivity index (χ3n) is 3.66. The molecule has 27 heavy (non-hydrogen) atoms. The molecule has 1 aromatic heterocycles. The van der Waals surface area contributed by atoms with Gasteiger partial charge in [0.1, 0.15) is 6.33 Å². The second kappa shape index (κ2) is 7.62. The summed E-state index contributed by atoms with van der Waals surface area (Å²) in [6.07, 6.45) is 1.16. The molecule has 0 bridgehead atoms. The van der Waals surface area contributed by atoms with E-state index in [2.05, 4.69) is 26.2 Å². The van der Waals surface area contributed by atoms with Gasteiger partial charge in [-0.1, -0.05) is 36.4 Å². The molecule has 3 N–H and O–H groups in total. The Labute approximate surface area is 154 Å². The number of anilines is 2. The minimum Gasteiger partial charge on any atom is -0.298 e. The van der Waals surface area contributed by atoms with Crippen molar-refractivity contribution in [1.29, 1.82) is 0 Å². The van der Waals surface area contributed by atoms with Crippen molar-refractivity contribution in [1.82, 2.24) is 20.4 Å². The van der Waals surface area contributed by atoms with E-state index in [1.165, 1.54) is 5.01 Å². The lowest BCUT2D eigenvalue weighted by Crippen LogP contribution is -2.31. The number of rotatable bonds is 6. The molecule has 3 rings (SSSR count). The smallest absolute Gasteiger partial charge is 0.298 e. The number of hydrazine groups is 2. The highest BCUT2D eigenvalue weighted by Gasteiger charge is 2.24. The van der Waals surface area contributed by atoms with Crippen LogP contribution in [0.15, 0.2) is 48.8 Å². The third kappa shape index (κ3) is 3.90. The van der Waals surface area contributed by atoms with Crippen molar-refractivity contribution in [2.24, 2.45) is 0 Å². The van der Waals surface area contributed by atoms with Crippen molar-refractivity contribution in [2.75, 3.05) is 24.9 Å². The molecule has 10 heteroatoms. The Morgan fingerprint density at radius 2 is 1.78 bits per heavy atom. The van der Waals surface area contributed by atoms with Crippen LogP contribution in [-0.2, 0) is 0 Å². The average Bonchev–Trinajstić information content (AvgIpc) is 2.65. The molecule has 0 saturated heterocycles. The van der Waals surface area contributed by atoms with Crippen molar-refractivity contribution >= 4 is 34.0 Å². The number of carbonyl (C=O) groups excluding carboxylic acids is 1. The van der Waals surface area contributed by atoms with E-state index in [9.17, 15) is 14.9 Å². The van der Waals surface area contributed by atoms with E-state index < -0.39 is 10.8 Å². The molecular formula is C17H17N7O3. The molecule has 0 aliphatic carbocycles. The van der Waals surface area contributed by atoms with Crippen molar-refractivity contribution in [3.63, 3.8) is 0 Å². The molecule has 10 nitrogen and oxygen atoms in total. The van der Waals surface area contributed by atoms with Crippen LogP contribution >= 0.6 is 0 Å². The molecule has 3 aromatic rings. The highest BCUT2D eigenvalue weighted by Crippen LogP contribution is 2.28. The fourth-order valence-corrected chi connectivity index (χ4v) is 2.54. The standard InChI is InChI=1S/C17H17N7O3/c1-23(2)22-16-14(24(26)27)15(18-10-19-16)20-21-17(25)13-9-5-7-11-6-3-4-8-12(11)13/h3-10H,1-2H3,(H,21,25)(H2,18,19,20,22). The van der Waals surface area contributed by atoms with E-state index in [-0.39, 0.29) is 17.3 Å². The summed E-state index contributed by atoms with van der Waals surface area (Å²) in [5, 5.41) is 14.6. The van der Waals surface area contributed by atoms with Gasteiger partial charge in [-0.05, 0) is 16.8 Å². The fraction of sp³-hybridized carbons (Fsp3) is 0.118. The van der Waals surface area contributed by atoms with Crippen LogP contribution in [0.4, 0.5) is 17.3 Å². The number of nitrogens with zero attached hydrogens (tertiary/aromatic N) is 4. The number of fused-ring (bicyclic) bond motifs is 1. The lowest BCUT2D eigenvalue weighted by molar-refractivity contribution is -0.383. The second-order valence-electron chi connectivity index (χ2n) is 5.79. The topological polar surface area (TPSA) is 125 Å². The average molecular weight is 367 g/mol. The number of amides is 1. The van der Waals surface area contributed by atoms with E-state index in [0.717, 1.165) is 17.1 Å². The highest BCUT2D eigenvalue weighted by molar-refractivity contribution is 6.07. The van der Waals surface area contributed by atoms with Crippen LogP contribution in [0, 0.1) is 10.1 Å². The summed E-state index contributed by atoms with van der Waals surface area (Å²) in [7, 11) is 3.34. The summed E-state index contributed by atoms with van der Waals surface area (Å²) >= 11 is 0. The molecular weight excluding hydrogens is 350 g/mol. The first-order chi connectivity index (χ1) is 13.0. The maximum absolute atomic E-state index is 12.6. The number of aromatic nitrogens is 2. The first-order valence-corrected chi connectivity index (χ1v) is 7.95. The quantitative estimate of drug-likeness (QED) is 0.447. The molecule has 1 heterocycles. The zero-order valence-electron chi connectivity index (χ0n) is 14.6. The number of nitrogens with one attached hydrogen (secondary N) is 3. The normalized spacial score (nSPS) is 10.6. The van der Waals surface area contributed by atoms with Crippen LogP contribution in [0.25, 0.3) is 10.8 Å². The van der Waals surface area contributed by atoms with E-state index in [0.29, 0.717) is 5.56 Å². The maximum atomic E-state index is 12.6. The van der Waals surface area contributed by atoms with Gasteiger partial charge in [-0.15, -0.1) is 0 Å². The number of benzene rings is 2. The van der Waals surface area contributed by atoms with Crippen molar-refractivity contribution in [2.45, 2.75) is 0 Å². The van der Waals surface area contributed by atoms with E-state index in [4.69, 9.17) is 0 Å². The SMILES string of the molecule is CN(C)Nc1ncnc(NNC(=O)c2cccc3ccccc23)c1[N+](=O)[O-]. The summed E-state index contributed by atoms with van der Waals surface area (Å²) in [5.74, 6) is -0.573. The first-order valence-electron chi connectivity index (χ1n) is 7.95. The van der Waals surface area contributed by atoms with Crippen molar-refractivity contribution in [3.8, 4) is 0 Å². The summed E-state index contributed by atoms with van der Waals surface area (Å²) in [6, 6.07) is 12.8. The molecule has 0 spiro atoms. The number of hydrogen-bond acceptors (Lipinski definition) is 8. The fourth-order valence-electron chi connectivity index (χ4n) is 2.54. The first kappa shape index (κ1) is 18.0. The predicted molar refractivity (Wildman–Crippen MR) is 101 cm³/mol. The van der Waals surface area contributed by atoms with Crippen molar-refractivity contribution in [3.05, 3.63) is 64.5 Å². The Morgan fingerprint density at radius 1 is 1.07 bits per heavy atom. The van der Waals surface area contributed by atoms with Gasteiger partial charge in [0.15, 0.2) is 0 Å². The Hall–Kier alpha value is -3.79. The largest absolute Gasteiger partial charge is 0.356 e. The Morgan fingerprint density at radius 3 is 2.52 bits per heavy atom. The van der Waals surface area contributed by atoms with Gasteiger partial charge in [0, 0.05) is 19.7 Å². The number of nitro groups is 1. The summed E-state index contributed by atoms with van der Waals surface area (Å²) in [4.78, 5) is 31.1. The molecule has 0 fully saturated rings. The van der Waals surface area contributed by atoms with Crippen molar-refractivity contribution < 1.29 is 9.72 Å². The van der Waals surface area contributed by atoms with Gasteiger partial charge < -0.3 is 0 Å². The Kier molecular flexibility index (Phi) is 5.08. The summed E-state index contributed by atoms with van der Waals surface area (Å²) in [5.41, 5.74) is 7.75. The highest BCUT2D eigenvalue weighted by atomic mass is 16.6. The molecule has 0 aliphatic heterocycles. The van der Waals surface area contributed by atoms with Gasteiger partial charge in [0.2, 0.25) is 11.6 Å². The van der Waals surface area contributed by atoms with Gasteiger partial charge in [-0.3, -0.25) is 31.2 Å². The lowest BCUT2D eigenvalue weighted by Gasteiger charge is -2.14. The summed E-state index contributed by atoms with van der Waals surface area (Å²) < 4.78 is 0. The van der Waals surface area contributed by atoms with E-state index in [1.54, 1.807) is 26.2 Å². The number of carbonyl (C=O) groups is 1. The Balaban J connectivity index is 1.86. The van der Waals surface area contributed by atoms with Crippen LogP contribution in [-0.4, -0.2) is 39.9 Å². The maximum Gasteiger partial charge on any atom is 0.356 e. The predicted octanol–water partition coefficient (Wildman–Crippen LogP) is 2.18. The molecule has 1 amide bonds. The van der Waals surface area contributed by atoms with Gasteiger partial charge in [0.05, 0.1) is 4.92 Å². The minimum atomic E-state index is -0.627. The lowest BCUT2D eigenvalue weighted by atomic mass is 10.0. The van der Waals surface area contributed by atoms with Crippen LogP contribution in [0.3, 0.4) is 0 Å². The third-order valence-corrected chi connectivity index (χ3v) is 3.66. The second-order valence-corrected chi connectivity index (χ2v) is 5.79. The van der Waals surface area contributed by atoms with E-state index >= 15 is 0 Å². The van der Waals surface area contributed by atoms with Crippen LogP contribution in [0.2, 0.25) is 0 Å². The molecule has 0 atom stereocenters. The Bertz CT molecular complexity index is 1000. The van der Waals surface area contributed by atoms with Gasteiger partial charge in [-0.25, -0.2) is 15.0 Å².